The van der Waals surface area contributed by atoms with E-state index in [-0.39, 0.29) is 49.3 Å². The van der Waals surface area contributed by atoms with Crippen LogP contribution in [0.4, 0.5) is 4.79 Å². The fourth-order valence-electron chi connectivity index (χ4n) is 3.80. The Balaban J connectivity index is 1.40. The van der Waals surface area contributed by atoms with Crippen LogP contribution < -0.4 is 10.1 Å². The molecule has 1 aliphatic heterocycles. The Morgan fingerprint density at radius 3 is 2.70 bits per heavy atom. The number of nitrogens with one attached hydrogen (secondary N) is 1. The summed E-state index contributed by atoms with van der Waals surface area (Å²) in [6.45, 7) is 2.06. The largest absolute Gasteiger partial charge is 0.490 e. The second kappa shape index (κ2) is 10.3. The van der Waals surface area contributed by atoms with Gasteiger partial charge in [-0.05, 0) is 55.7 Å². The van der Waals surface area contributed by atoms with Crippen LogP contribution in [0.2, 0.25) is 0 Å². The summed E-state index contributed by atoms with van der Waals surface area (Å²) in [5.41, 5.74) is 0.954. The zero-order valence-corrected chi connectivity index (χ0v) is 18.2. The first kappa shape index (κ1) is 22.6. The first-order valence-corrected chi connectivity index (χ1v) is 12.3. The van der Waals surface area contributed by atoms with E-state index in [1.165, 1.54) is 17.7 Å². The Labute approximate surface area is 177 Å². The average molecular weight is 439 g/mol. The molecule has 2 fully saturated rings. The first-order chi connectivity index (χ1) is 14.3. The topological polar surface area (TPSA) is 102 Å². The summed E-state index contributed by atoms with van der Waals surface area (Å²) >= 11 is 0. The van der Waals surface area contributed by atoms with E-state index in [1.807, 2.05) is 31.2 Å². The number of imide groups is 1. The molecular weight excluding hydrogens is 408 g/mol. The minimum absolute atomic E-state index is 0.0146. The number of carbonyl (C=O) groups is 2. The maximum atomic E-state index is 12.5. The van der Waals surface area contributed by atoms with Crippen molar-refractivity contribution in [1.82, 2.24) is 10.2 Å². The van der Waals surface area contributed by atoms with Gasteiger partial charge >= 0.3 is 6.03 Å². The molecule has 0 spiro atoms. The van der Waals surface area contributed by atoms with Crippen LogP contribution in [0.25, 0.3) is 0 Å². The molecule has 1 atom stereocenters. The van der Waals surface area contributed by atoms with Gasteiger partial charge in [0, 0.05) is 6.61 Å². The number of ether oxygens (including phenoxy) is 2. The van der Waals surface area contributed by atoms with Gasteiger partial charge in [-0.2, -0.15) is 0 Å². The Kier molecular flexibility index (Phi) is 7.71. The quantitative estimate of drug-likeness (QED) is 0.421. The Bertz CT molecular complexity index is 851. The minimum atomic E-state index is -3.25. The summed E-state index contributed by atoms with van der Waals surface area (Å²) in [6, 6.07) is 7.24. The van der Waals surface area contributed by atoms with Crippen molar-refractivity contribution >= 4 is 21.8 Å². The molecule has 166 valence electrons. The number of hydrogen-bond donors (Lipinski definition) is 1. The van der Waals surface area contributed by atoms with E-state index < -0.39 is 15.9 Å². The molecule has 1 saturated heterocycles. The highest BCUT2D eigenvalue weighted by molar-refractivity contribution is 7.91. The molecule has 1 saturated carbocycles. The van der Waals surface area contributed by atoms with Crippen LogP contribution in [0.15, 0.2) is 24.3 Å². The third-order valence-corrected chi connectivity index (χ3v) is 7.31. The SMILES string of the molecule is C[C@@H](CS(=O)(=O)CCCOCN1CC(=O)NC1=O)c1cccc(OC2CCCC2)c1. The Morgan fingerprint density at radius 1 is 1.23 bits per heavy atom. The van der Waals surface area contributed by atoms with Crippen molar-refractivity contribution < 1.29 is 27.5 Å². The third-order valence-electron chi connectivity index (χ3n) is 5.40. The van der Waals surface area contributed by atoms with Crippen molar-refractivity contribution in [2.24, 2.45) is 0 Å². The average Bonchev–Trinajstić information content (AvgIpc) is 3.30. The highest BCUT2D eigenvalue weighted by Gasteiger charge is 2.26. The molecule has 0 aromatic heterocycles. The number of benzene rings is 1. The van der Waals surface area contributed by atoms with Gasteiger partial charge in [0.1, 0.15) is 19.0 Å². The van der Waals surface area contributed by atoms with E-state index in [4.69, 9.17) is 9.47 Å². The maximum Gasteiger partial charge on any atom is 0.326 e. The smallest absolute Gasteiger partial charge is 0.326 e. The van der Waals surface area contributed by atoms with Crippen LogP contribution in [0.3, 0.4) is 0 Å². The lowest BCUT2D eigenvalue weighted by Crippen LogP contribution is -2.30. The van der Waals surface area contributed by atoms with E-state index in [2.05, 4.69) is 5.32 Å². The fraction of sp³-hybridized carbons (Fsp3) is 0.619. The molecule has 3 rings (SSSR count). The van der Waals surface area contributed by atoms with Crippen molar-refractivity contribution in [2.75, 3.05) is 31.4 Å². The number of carbonyl (C=O) groups excluding carboxylic acids is 2. The van der Waals surface area contributed by atoms with Gasteiger partial charge in [0.2, 0.25) is 5.91 Å². The lowest BCUT2D eigenvalue weighted by molar-refractivity contribution is -0.118. The normalized spacial score (nSPS) is 18.6. The van der Waals surface area contributed by atoms with E-state index in [9.17, 15) is 18.0 Å². The van der Waals surface area contributed by atoms with Crippen molar-refractivity contribution in [1.29, 1.82) is 0 Å². The van der Waals surface area contributed by atoms with E-state index >= 15 is 0 Å². The molecule has 1 aromatic rings. The Morgan fingerprint density at radius 2 is 2.00 bits per heavy atom. The number of sulfone groups is 1. The lowest BCUT2D eigenvalue weighted by atomic mass is 10.0. The number of urea groups is 1. The standard InChI is InChI=1S/C21H30N2O6S/c1-16(17-6-4-9-19(12-17)29-18-7-2-3-8-18)14-30(26,27)11-5-10-28-15-23-13-20(24)22-21(23)25/h4,6,9,12,16,18H,2-3,5,7-8,10-11,13-15H2,1H3,(H,22,24,25)/t16-/m0/s1. The summed E-state index contributed by atoms with van der Waals surface area (Å²) in [7, 11) is -3.25. The third kappa shape index (κ3) is 6.70. The Hall–Kier alpha value is -2.13. The highest BCUT2D eigenvalue weighted by Crippen LogP contribution is 2.27. The van der Waals surface area contributed by atoms with Crippen LogP contribution in [0, 0.1) is 0 Å². The van der Waals surface area contributed by atoms with Gasteiger partial charge in [-0.25, -0.2) is 13.2 Å². The molecule has 1 N–H and O–H groups in total. The van der Waals surface area contributed by atoms with E-state index in [0.717, 1.165) is 24.2 Å². The monoisotopic (exact) mass is 438 g/mol. The molecular formula is C21H30N2O6S. The molecule has 8 nitrogen and oxygen atoms in total. The van der Waals surface area contributed by atoms with Gasteiger partial charge in [0.25, 0.3) is 0 Å². The number of rotatable bonds is 11. The van der Waals surface area contributed by atoms with Gasteiger partial charge in [0.15, 0.2) is 9.84 Å². The summed E-state index contributed by atoms with van der Waals surface area (Å²) in [5.74, 6) is 0.380. The molecule has 0 unspecified atom stereocenters. The van der Waals surface area contributed by atoms with Crippen molar-refractivity contribution in [2.45, 2.75) is 51.0 Å². The van der Waals surface area contributed by atoms with Crippen LogP contribution in [0.1, 0.15) is 50.5 Å². The molecule has 1 heterocycles. The van der Waals surface area contributed by atoms with Crippen molar-refractivity contribution in [3.05, 3.63) is 29.8 Å². The molecule has 3 amide bonds. The number of amides is 3. The first-order valence-electron chi connectivity index (χ1n) is 10.5. The van der Waals surface area contributed by atoms with Crippen LogP contribution in [-0.2, 0) is 19.4 Å². The molecule has 0 bridgehead atoms. The van der Waals surface area contributed by atoms with Crippen molar-refractivity contribution in [3.8, 4) is 5.75 Å². The van der Waals surface area contributed by atoms with E-state index in [0.29, 0.717) is 6.42 Å². The molecule has 2 aliphatic rings. The molecule has 30 heavy (non-hydrogen) atoms. The zero-order chi connectivity index (χ0) is 21.6. The van der Waals surface area contributed by atoms with Gasteiger partial charge in [0.05, 0.1) is 17.6 Å². The lowest BCUT2D eigenvalue weighted by Gasteiger charge is -2.17. The summed E-state index contributed by atoms with van der Waals surface area (Å²) < 4.78 is 36.3. The van der Waals surface area contributed by atoms with Gasteiger partial charge in [-0.3, -0.25) is 15.0 Å². The second-order valence-electron chi connectivity index (χ2n) is 8.05. The second-order valence-corrected chi connectivity index (χ2v) is 10.3. The van der Waals surface area contributed by atoms with Gasteiger partial charge in [-0.15, -0.1) is 0 Å². The summed E-state index contributed by atoms with van der Waals surface area (Å²) in [6.07, 6.45) is 5.16. The predicted octanol–water partition coefficient (Wildman–Crippen LogP) is 2.44. The van der Waals surface area contributed by atoms with Gasteiger partial charge < -0.3 is 9.47 Å². The van der Waals surface area contributed by atoms with Crippen LogP contribution in [-0.4, -0.2) is 62.7 Å². The van der Waals surface area contributed by atoms with Gasteiger partial charge in [-0.1, -0.05) is 19.1 Å². The molecule has 9 heteroatoms. The number of hydrogen-bond acceptors (Lipinski definition) is 6. The van der Waals surface area contributed by atoms with Crippen molar-refractivity contribution in [3.63, 3.8) is 0 Å². The zero-order valence-electron chi connectivity index (χ0n) is 17.3. The van der Waals surface area contributed by atoms with Crippen LogP contribution >= 0.6 is 0 Å². The summed E-state index contributed by atoms with van der Waals surface area (Å²) in [4.78, 5) is 23.7. The molecule has 1 aromatic carbocycles. The molecule has 1 aliphatic carbocycles. The van der Waals surface area contributed by atoms with Crippen LogP contribution in [0.5, 0.6) is 5.75 Å². The predicted molar refractivity (Wildman–Crippen MR) is 112 cm³/mol. The van der Waals surface area contributed by atoms with E-state index in [1.54, 1.807) is 0 Å². The highest BCUT2D eigenvalue weighted by atomic mass is 32.2. The maximum absolute atomic E-state index is 12.5. The fourth-order valence-corrected chi connectivity index (χ4v) is 5.48. The number of nitrogens with zero attached hydrogens (tertiary/aromatic N) is 1. The summed E-state index contributed by atoms with van der Waals surface area (Å²) in [5, 5.41) is 2.16. The molecule has 0 radical (unpaired) electrons. The minimum Gasteiger partial charge on any atom is -0.490 e.